The second-order valence-electron chi connectivity index (χ2n) is 5.02. The first-order chi connectivity index (χ1) is 10.3. The number of nitrogens with one attached hydrogen (secondary N) is 1. The van der Waals surface area contributed by atoms with Crippen LogP contribution in [0.5, 0.6) is 0 Å². The van der Waals surface area contributed by atoms with Crippen molar-refractivity contribution in [1.82, 2.24) is 0 Å². The normalized spacial score (nSPS) is 11.3. The number of anilines is 2. The van der Waals surface area contributed by atoms with Crippen LogP contribution in [0.3, 0.4) is 0 Å². The molecule has 0 aliphatic carbocycles. The molecule has 2 aromatic carbocycles. The molecule has 0 fully saturated rings. The van der Waals surface area contributed by atoms with Crippen LogP contribution in [0.2, 0.25) is 5.02 Å². The molecule has 0 aliphatic heterocycles. The van der Waals surface area contributed by atoms with Gasteiger partial charge in [-0.25, -0.2) is 12.8 Å². The van der Waals surface area contributed by atoms with Crippen LogP contribution in [0.4, 0.5) is 15.8 Å². The molecule has 118 valence electrons. The maximum absolute atomic E-state index is 13.4. The molecule has 4 nitrogen and oxygen atoms in total. The summed E-state index contributed by atoms with van der Waals surface area (Å²) in [5.41, 5.74) is 1.55. The van der Waals surface area contributed by atoms with Crippen LogP contribution in [0.1, 0.15) is 5.56 Å². The van der Waals surface area contributed by atoms with Gasteiger partial charge >= 0.3 is 0 Å². The van der Waals surface area contributed by atoms with Gasteiger partial charge in [-0.3, -0.25) is 4.72 Å². The zero-order valence-corrected chi connectivity index (χ0v) is 13.7. The Labute approximate surface area is 134 Å². The van der Waals surface area contributed by atoms with Gasteiger partial charge in [-0.15, -0.1) is 0 Å². The molecule has 0 bridgehead atoms. The lowest BCUT2D eigenvalue weighted by Crippen LogP contribution is -2.18. The highest BCUT2D eigenvalue weighted by Crippen LogP contribution is 2.25. The highest BCUT2D eigenvalue weighted by atomic mass is 35.5. The molecule has 2 aromatic rings. The number of hydrogen-bond acceptors (Lipinski definition) is 3. The number of para-hydroxylation sites is 2. The van der Waals surface area contributed by atoms with Gasteiger partial charge < -0.3 is 4.90 Å². The molecule has 0 aromatic heterocycles. The molecule has 0 unspecified atom stereocenters. The zero-order valence-electron chi connectivity index (χ0n) is 12.2. The third-order valence-corrected chi connectivity index (χ3v) is 4.54. The molecule has 0 saturated heterocycles. The standard InChI is InChI=1S/C15H16ClFN2O2S/c1-19(2)15-6-4-3-5-14(15)18-22(20,21)10-11-7-8-12(16)13(17)9-11/h3-9,18H,10H2,1-2H3. The van der Waals surface area contributed by atoms with Gasteiger partial charge in [0, 0.05) is 14.1 Å². The van der Waals surface area contributed by atoms with Crippen molar-refractivity contribution in [3.05, 3.63) is 58.9 Å². The second kappa shape index (κ2) is 6.54. The Morgan fingerprint density at radius 3 is 2.50 bits per heavy atom. The van der Waals surface area contributed by atoms with Gasteiger partial charge in [0.2, 0.25) is 10.0 Å². The molecule has 2 rings (SSSR count). The Hall–Kier alpha value is -1.79. The van der Waals surface area contributed by atoms with E-state index in [9.17, 15) is 12.8 Å². The van der Waals surface area contributed by atoms with Crippen molar-refractivity contribution in [2.75, 3.05) is 23.7 Å². The summed E-state index contributed by atoms with van der Waals surface area (Å²) in [6, 6.07) is 11.0. The molecular formula is C15H16ClFN2O2S. The Bertz CT molecular complexity index is 779. The Kier molecular flexibility index (Phi) is 4.93. The Morgan fingerprint density at radius 2 is 1.86 bits per heavy atom. The van der Waals surface area contributed by atoms with Crippen LogP contribution in [0, 0.1) is 5.82 Å². The van der Waals surface area contributed by atoms with Gasteiger partial charge in [0.1, 0.15) is 5.82 Å². The van der Waals surface area contributed by atoms with Crippen LogP contribution >= 0.6 is 11.6 Å². The van der Waals surface area contributed by atoms with E-state index in [0.717, 1.165) is 11.8 Å². The molecule has 1 N–H and O–H groups in total. The molecule has 0 heterocycles. The SMILES string of the molecule is CN(C)c1ccccc1NS(=O)(=O)Cc1ccc(Cl)c(F)c1. The van der Waals surface area contributed by atoms with Crippen molar-refractivity contribution in [2.24, 2.45) is 0 Å². The average Bonchev–Trinajstić information content (AvgIpc) is 2.42. The minimum atomic E-state index is -3.66. The lowest BCUT2D eigenvalue weighted by Gasteiger charge is -2.18. The molecule has 0 radical (unpaired) electrons. The van der Waals surface area contributed by atoms with Gasteiger partial charge in [-0.05, 0) is 29.8 Å². The molecule has 0 amide bonds. The van der Waals surface area contributed by atoms with Crippen molar-refractivity contribution < 1.29 is 12.8 Å². The van der Waals surface area contributed by atoms with Crippen molar-refractivity contribution in [3.8, 4) is 0 Å². The fourth-order valence-electron chi connectivity index (χ4n) is 2.00. The van der Waals surface area contributed by atoms with Crippen molar-refractivity contribution >= 4 is 33.0 Å². The maximum Gasteiger partial charge on any atom is 0.236 e. The van der Waals surface area contributed by atoms with Crippen molar-refractivity contribution in [3.63, 3.8) is 0 Å². The zero-order chi connectivity index (χ0) is 16.3. The minimum Gasteiger partial charge on any atom is -0.376 e. The summed E-state index contributed by atoms with van der Waals surface area (Å²) in [4.78, 5) is 1.81. The van der Waals surface area contributed by atoms with E-state index in [1.807, 2.05) is 20.2 Å². The number of benzene rings is 2. The summed E-state index contributed by atoms with van der Waals surface area (Å²) in [6.45, 7) is 0. The van der Waals surface area contributed by atoms with Crippen LogP contribution < -0.4 is 9.62 Å². The van der Waals surface area contributed by atoms with Gasteiger partial charge in [0.25, 0.3) is 0 Å². The summed E-state index contributed by atoms with van der Waals surface area (Å²) >= 11 is 5.59. The number of rotatable bonds is 5. The van der Waals surface area contributed by atoms with Crippen LogP contribution in [0.25, 0.3) is 0 Å². The first kappa shape index (κ1) is 16.6. The first-order valence-electron chi connectivity index (χ1n) is 6.49. The topological polar surface area (TPSA) is 49.4 Å². The molecule has 0 aliphatic rings. The number of hydrogen-bond donors (Lipinski definition) is 1. The van der Waals surface area contributed by atoms with E-state index in [-0.39, 0.29) is 10.8 Å². The fraction of sp³-hybridized carbons (Fsp3) is 0.200. The maximum atomic E-state index is 13.4. The molecular weight excluding hydrogens is 327 g/mol. The molecule has 7 heteroatoms. The second-order valence-corrected chi connectivity index (χ2v) is 7.15. The molecule has 0 spiro atoms. The average molecular weight is 343 g/mol. The summed E-state index contributed by atoms with van der Waals surface area (Å²) in [5.74, 6) is -0.967. The third kappa shape index (κ3) is 4.11. The summed E-state index contributed by atoms with van der Waals surface area (Å²) < 4.78 is 40.4. The van der Waals surface area contributed by atoms with Gasteiger partial charge in [0.05, 0.1) is 22.2 Å². The monoisotopic (exact) mass is 342 g/mol. The highest BCUT2D eigenvalue weighted by Gasteiger charge is 2.15. The first-order valence-corrected chi connectivity index (χ1v) is 8.52. The van der Waals surface area contributed by atoms with Crippen LogP contribution in [-0.2, 0) is 15.8 Å². The number of halogens is 2. The minimum absolute atomic E-state index is 0.0351. The summed E-state index contributed by atoms with van der Waals surface area (Å²) in [5, 5.41) is -0.0351. The van der Waals surface area contributed by atoms with E-state index >= 15 is 0 Å². The Morgan fingerprint density at radius 1 is 1.18 bits per heavy atom. The smallest absolute Gasteiger partial charge is 0.236 e. The lowest BCUT2D eigenvalue weighted by molar-refractivity contribution is 0.599. The predicted molar refractivity (Wildman–Crippen MR) is 88.4 cm³/mol. The van der Waals surface area contributed by atoms with E-state index in [4.69, 9.17) is 11.6 Å². The molecule has 0 saturated carbocycles. The summed E-state index contributed by atoms with van der Waals surface area (Å²) in [6.07, 6.45) is 0. The van der Waals surface area contributed by atoms with E-state index < -0.39 is 15.8 Å². The third-order valence-electron chi connectivity index (χ3n) is 2.99. The number of sulfonamides is 1. The van der Waals surface area contributed by atoms with Gasteiger partial charge in [0.15, 0.2) is 0 Å². The van der Waals surface area contributed by atoms with Crippen molar-refractivity contribution in [1.29, 1.82) is 0 Å². The molecule has 22 heavy (non-hydrogen) atoms. The Balaban J connectivity index is 2.23. The van der Waals surface area contributed by atoms with E-state index in [2.05, 4.69) is 4.72 Å². The van der Waals surface area contributed by atoms with Crippen molar-refractivity contribution in [2.45, 2.75) is 5.75 Å². The summed E-state index contributed by atoms with van der Waals surface area (Å²) in [7, 11) is -0.0175. The van der Waals surface area contributed by atoms with Crippen LogP contribution in [-0.4, -0.2) is 22.5 Å². The van der Waals surface area contributed by atoms with E-state index in [1.54, 1.807) is 23.1 Å². The highest BCUT2D eigenvalue weighted by molar-refractivity contribution is 7.91. The number of nitrogens with zero attached hydrogens (tertiary/aromatic N) is 1. The quantitative estimate of drug-likeness (QED) is 0.905. The van der Waals surface area contributed by atoms with Gasteiger partial charge in [-0.2, -0.15) is 0 Å². The van der Waals surface area contributed by atoms with Gasteiger partial charge in [-0.1, -0.05) is 29.8 Å². The largest absolute Gasteiger partial charge is 0.376 e. The predicted octanol–water partition coefficient (Wildman–Crippen LogP) is 3.49. The fourth-order valence-corrected chi connectivity index (χ4v) is 3.32. The molecule has 0 atom stereocenters. The van der Waals surface area contributed by atoms with Crippen LogP contribution in [0.15, 0.2) is 42.5 Å². The lowest BCUT2D eigenvalue weighted by atomic mass is 10.2. The van der Waals surface area contributed by atoms with E-state index in [1.165, 1.54) is 12.1 Å². The van der Waals surface area contributed by atoms with E-state index in [0.29, 0.717) is 11.3 Å².